The fraction of sp³-hybridized carbons (Fsp3) is 0.929. The molecule has 1 aliphatic rings. The molecule has 1 fully saturated rings. The molecule has 0 aromatic rings. The van der Waals surface area contributed by atoms with Crippen molar-refractivity contribution >= 4 is 5.91 Å². The van der Waals surface area contributed by atoms with Gasteiger partial charge in [0.25, 0.3) is 0 Å². The summed E-state index contributed by atoms with van der Waals surface area (Å²) in [6, 6.07) is 0. The lowest BCUT2D eigenvalue weighted by molar-refractivity contribution is -0.122. The molecule has 0 aromatic carbocycles. The molecular formula is C14H29N3O. The molecule has 4 nitrogen and oxygen atoms in total. The summed E-state index contributed by atoms with van der Waals surface area (Å²) in [4.78, 5) is 13.6. The molecule has 4 N–H and O–H groups in total. The van der Waals surface area contributed by atoms with Crippen molar-refractivity contribution in [3.8, 4) is 0 Å². The number of piperidine rings is 1. The Hall–Kier alpha value is -0.610. The van der Waals surface area contributed by atoms with Gasteiger partial charge >= 0.3 is 0 Å². The number of carbonyl (C=O) groups is 1. The number of carbonyl (C=O) groups excluding carboxylic acids is 1. The molecule has 0 bridgehead atoms. The molecule has 0 radical (unpaired) electrons. The molecule has 1 unspecified atom stereocenters. The second-order valence-corrected chi connectivity index (χ2v) is 6.08. The average molecular weight is 255 g/mol. The number of primary amides is 1. The van der Waals surface area contributed by atoms with Crippen molar-refractivity contribution in [3.63, 3.8) is 0 Å². The van der Waals surface area contributed by atoms with Gasteiger partial charge < -0.3 is 16.4 Å². The second-order valence-electron chi connectivity index (χ2n) is 6.08. The van der Waals surface area contributed by atoms with Gasteiger partial charge in [0, 0.05) is 6.54 Å². The first kappa shape index (κ1) is 15.4. The van der Waals surface area contributed by atoms with Gasteiger partial charge in [0.2, 0.25) is 5.91 Å². The van der Waals surface area contributed by atoms with Crippen molar-refractivity contribution in [1.29, 1.82) is 0 Å². The van der Waals surface area contributed by atoms with E-state index in [0.29, 0.717) is 11.8 Å². The van der Waals surface area contributed by atoms with Crippen LogP contribution in [0.25, 0.3) is 0 Å². The van der Waals surface area contributed by atoms with Gasteiger partial charge in [-0.3, -0.25) is 4.79 Å². The number of amides is 1. The molecule has 1 rings (SSSR count). The molecule has 1 atom stereocenters. The van der Waals surface area contributed by atoms with E-state index < -0.39 is 11.4 Å². The summed E-state index contributed by atoms with van der Waals surface area (Å²) in [7, 11) is 0. The Morgan fingerprint density at radius 3 is 2.17 bits per heavy atom. The molecule has 18 heavy (non-hydrogen) atoms. The van der Waals surface area contributed by atoms with Crippen molar-refractivity contribution < 1.29 is 4.79 Å². The number of nitrogens with two attached hydrogens (primary N) is 2. The maximum absolute atomic E-state index is 11.2. The highest BCUT2D eigenvalue weighted by atomic mass is 16.1. The minimum atomic E-state index is -0.871. The zero-order valence-corrected chi connectivity index (χ0v) is 12.2. The third-order valence-corrected chi connectivity index (χ3v) is 4.93. The van der Waals surface area contributed by atoms with Gasteiger partial charge in [-0.1, -0.05) is 26.7 Å². The first-order valence-corrected chi connectivity index (χ1v) is 7.16. The number of hydrogen-bond donors (Lipinski definition) is 2. The van der Waals surface area contributed by atoms with Gasteiger partial charge in [0.1, 0.15) is 0 Å². The smallest absolute Gasteiger partial charge is 0.237 e. The first-order valence-electron chi connectivity index (χ1n) is 7.16. The van der Waals surface area contributed by atoms with Crippen molar-refractivity contribution in [2.45, 2.75) is 58.4 Å². The van der Waals surface area contributed by atoms with Crippen LogP contribution in [-0.2, 0) is 4.79 Å². The Morgan fingerprint density at radius 2 is 1.78 bits per heavy atom. The Bertz CT molecular complexity index is 275. The minimum Gasteiger partial charge on any atom is -0.368 e. The number of nitrogens with zero attached hydrogens (tertiary/aromatic N) is 1. The Labute approximate surface area is 111 Å². The maximum Gasteiger partial charge on any atom is 0.237 e. The zero-order chi connectivity index (χ0) is 13.8. The lowest BCUT2D eigenvalue weighted by atomic mass is 9.74. The predicted molar refractivity (Wildman–Crippen MR) is 75.1 cm³/mol. The third-order valence-electron chi connectivity index (χ3n) is 4.93. The standard InChI is InChI=1S/C14H29N3O/c1-4-14(5-2)7-10-17(11-8-14)9-6-13(3,16)12(15)18/h4-11,16H2,1-3H3,(H2,15,18). The van der Waals surface area contributed by atoms with E-state index >= 15 is 0 Å². The van der Waals surface area contributed by atoms with Crippen LogP contribution in [-0.4, -0.2) is 36.0 Å². The molecule has 106 valence electrons. The molecule has 0 aliphatic carbocycles. The van der Waals surface area contributed by atoms with Crippen LogP contribution in [0.2, 0.25) is 0 Å². The summed E-state index contributed by atoms with van der Waals surface area (Å²) in [5, 5.41) is 0. The van der Waals surface area contributed by atoms with Crippen LogP contribution in [0, 0.1) is 5.41 Å². The van der Waals surface area contributed by atoms with Crippen LogP contribution in [0.4, 0.5) is 0 Å². The molecule has 1 saturated heterocycles. The summed E-state index contributed by atoms with van der Waals surface area (Å²) < 4.78 is 0. The van der Waals surface area contributed by atoms with Crippen molar-refractivity contribution in [2.75, 3.05) is 19.6 Å². The second kappa shape index (κ2) is 6.02. The summed E-state index contributed by atoms with van der Waals surface area (Å²) in [5.74, 6) is -0.407. The van der Waals surface area contributed by atoms with Crippen LogP contribution in [0.3, 0.4) is 0 Å². The SMILES string of the molecule is CCC1(CC)CCN(CCC(C)(N)C(N)=O)CC1. The highest BCUT2D eigenvalue weighted by Gasteiger charge is 2.32. The molecule has 1 aliphatic heterocycles. The number of rotatable bonds is 6. The van der Waals surface area contributed by atoms with Crippen molar-refractivity contribution in [2.24, 2.45) is 16.9 Å². The van der Waals surface area contributed by atoms with Crippen LogP contribution in [0.5, 0.6) is 0 Å². The van der Waals surface area contributed by atoms with Crippen LogP contribution in [0.15, 0.2) is 0 Å². The van der Waals surface area contributed by atoms with Gasteiger partial charge in [-0.15, -0.1) is 0 Å². The number of likely N-dealkylation sites (tertiary alicyclic amines) is 1. The Kier molecular flexibility index (Phi) is 5.17. The van der Waals surface area contributed by atoms with Gasteiger partial charge in [-0.25, -0.2) is 0 Å². The zero-order valence-electron chi connectivity index (χ0n) is 12.2. The average Bonchev–Trinajstić information content (AvgIpc) is 2.37. The van der Waals surface area contributed by atoms with Gasteiger partial charge in [-0.2, -0.15) is 0 Å². The van der Waals surface area contributed by atoms with E-state index in [9.17, 15) is 4.79 Å². The lowest BCUT2D eigenvalue weighted by Gasteiger charge is -2.41. The topological polar surface area (TPSA) is 72.3 Å². The van der Waals surface area contributed by atoms with Crippen molar-refractivity contribution in [3.05, 3.63) is 0 Å². The molecule has 0 saturated carbocycles. The summed E-state index contributed by atoms with van der Waals surface area (Å²) in [5.41, 5.74) is 10.8. The molecule has 1 amide bonds. The largest absolute Gasteiger partial charge is 0.368 e. The fourth-order valence-electron chi connectivity index (χ4n) is 2.72. The lowest BCUT2D eigenvalue weighted by Crippen LogP contribution is -2.52. The number of hydrogen-bond acceptors (Lipinski definition) is 3. The fourth-order valence-corrected chi connectivity index (χ4v) is 2.72. The molecule has 4 heteroatoms. The molecule has 1 heterocycles. The molecular weight excluding hydrogens is 226 g/mol. The van der Waals surface area contributed by atoms with E-state index in [2.05, 4.69) is 18.7 Å². The van der Waals surface area contributed by atoms with E-state index in [0.717, 1.165) is 19.6 Å². The maximum atomic E-state index is 11.2. The Morgan fingerprint density at radius 1 is 1.28 bits per heavy atom. The van der Waals surface area contributed by atoms with Gasteiger partial charge in [-0.05, 0) is 44.7 Å². The van der Waals surface area contributed by atoms with Crippen LogP contribution >= 0.6 is 0 Å². The van der Waals surface area contributed by atoms with Crippen LogP contribution < -0.4 is 11.5 Å². The monoisotopic (exact) mass is 255 g/mol. The third kappa shape index (κ3) is 3.69. The highest BCUT2D eigenvalue weighted by molar-refractivity contribution is 5.83. The van der Waals surface area contributed by atoms with Crippen LogP contribution in [0.1, 0.15) is 52.9 Å². The summed E-state index contributed by atoms with van der Waals surface area (Å²) >= 11 is 0. The normalized spacial score (nSPS) is 23.6. The van der Waals surface area contributed by atoms with E-state index in [4.69, 9.17) is 11.5 Å². The van der Waals surface area contributed by atoms with E-state index in [1.807, 2.05) is 0 Å². The molecule has 0 spiro atoms. The minimum absolute atomic E-state index is 0.407. The van der Waals surface area contributed by atoms with Gasteiger partial charge in [0.05, 0.1) is 5.54 Å². The molecule has 0 aromatic heterocycles. The Balaban J connectivity index is 2.39. The van der Waals surface area contributed by atoms with Crippen molar-refractivity contribution in [1.82, 2.24) is 4.90 Å². The summed E-state index contributed by atoms with van der Waals surface area (Å²) in [6.45, 7) is 9.43. The van der Waals surface area contributed by atoms with E-state index in [1.165, 1.54) is 25.7 Å². The van der Waals surface area contributed by atoms with E-state index in [-0.39, 0.29) is 0 Å². The summed E-state index contributed by atoms with van der Waals surface area (Å²) in [6.07, 6.45) is 5.71. The first-order chi connectivity index (χ1) is 8.35. The quantitative estimate of drug-likeness (QED) is 0.755. The predicted octanol–water partition coefficient (Wildman–Crippen LogP) is 1.48. The van der Waals surface area contributed by atoms with Gasteiger partial charge in [0.15, 0.2) is 0 Å². The highest BCUT2D eigenvalue weighted by Crippen LogP contribution is 2.37. The van der Waals surface area contributed by atoms with E-state index in [1.54, 1.807) is 6.92 Å².